The number of benzene rings is 2. The van der Waals surface area contributed by atoms with Crippen molar-refractivity contribution in [2.75, 3.05) is 5.75 Å². The first-order valence-corrected chi connectivity index (χ1v) is 7.97. The molecule has 0 atom stereocenters. The van der Waals surface area contributed by atoms with Crippen molar-refractivity contribution >= 4 is 28.5 Å². The van der Waals surface area contributed by atoms with Gasteiger partial charge in [0.1, 0.15) is 12.4 Å². The third-order valence-corrected chi connectivity index (χ3v) is 4.36. The molecule has 0 saturated carbocycles. The summed E-state index contributed by atoms with van der Waals surface area (Å²) < 4.78 is 7.62. The highest BCUT2D eigenvalue weighted by Gasteiger charge is 2.12. The number of aromatic nitrogens is 3. The third kappa shape index (κ3) is 3.45. The summed E-state index contributed by atoms with van der Waals surface area (Å²) in [5.74, 6) is 0.499. The van der Waals surface area contributed by atoms with Crippen LogP contribution < -0.4 is 4.74 Å². The highest BCUT2D eigenvalue weighted by atomic mass is 32.2. The van der Waals surface area contributed by atoms with Crippen molar-refractivity contribution in [3.63, 3.8) is 0 Å². The number of thioether (sulfide) groups is 1. The number of ether oxygens (including phenoxy) is 1. The Kier molecular flexibility index (Phi) is 4.47. The zero-order chi connectivity index (χ0) is 16.2. The van der Waals surface area contributed by atoms with E-state index >= 15 is 0 Å². The Morgan fingerprint density at radius 3 is 2.83 bits per heavy atom. The number of nitrogens with zero attached hydrogens (tertiary/aromatic N) is 3. The Bertz CT molecular complexity index is 842. The number of carboxylic acid groups (broad SMARTS) is 1. The maximum absolute atomic E-state index is 10.6. The van der Waals surface area contributed by atoms with Gasteiger partial charge in [-0.05, 0) is 11.5 Å². The first-order valence-electron chi connectivity index (χ1n) is 6.98. The molecule has 0 aliphatic carbocycles. The average molecular weight is 329 g/mol. The molecule has 0 saturated heterocycles. The molecular weight excluding hydrogens is 314 g/mol. The molecule has 3 rings (SSSR count). The summed E-state index contributed by atoms with van der Waals surface area (Å²) in [4.78, 5) is 10.6. The van der Waals surface area contributed by atoms with Crippen molar-refractivity contribution in [3.05, 3.63) is 48.3 Å². The fourth-order valence-corrected chi connectivity index (χ4v) is 2.84. The maximum atomic E-state index is 10.6. The lowest BCUT2D eigenvalue weighted by molar-refractivity contribution is -0.133. The van der Waals surface area contributed by atoms with E-state index in [1.54, 1.807) is 11.6 Å². The van der Waals surface area contributed by atoms with Crippen LogP contribution in [-0.2, 0) is 18.4 Å². The minimum atomic E-state index is -0.883. The number of hydrogen-bond donors (Lipinski definition) is 1. The zero-order valence-electron chi connectivity index (χ0n) is 12.5. The normalized spacial score (nSPS) is 10.8. The number of fused-ring (bicyclic) bond motifs is 1. The van der Waals surface area contributed by atoms with E-state index in [9.17, 15) is 4.79 Å². The van der Waals surface area contributed by atoms with Crippen LogP contribution in [0.2, 0.25) is 0 Å². The van der Waals surface area contributed by atoms with Crippen LogP contribution in [0.1, 0.15) is 5.82 Å². The summed E-state index contributed by atoms with van der Waals surface area (Å²) in [5.41, 5.74) is 0. The van der Waals surface area contributed by atoms with Crippen LogP contribution in [0.4, 0.5) is 0 Å². The Morgan fingerprint density at radius 2 is 2.00 bits per heavy atom. The summed E-state index contributed by atoms with van der Waals surface area (Å²) in [5, 5.41) is 19.5. The minimum absolute atomic E-state index is 0.0455. The van der Waals surface area contributed by atoms with Crippen molar-refractivity contribution < 1.29 is 14.6 Å². The molecule has 0 fully saturated rings. The quantitative estimate of drug-likeness (QED) is 0.701. The Hall–Kier alpha value is -2.54. The van der Waals surface area contributed by atoms with E-state index in [4.69, 9.17) is 9.84 Å². The largest absolute Gasteiger partial charge is 0.485 e. The molecule has 118 valence electrons. The van der Waals surface area contributed by atoms with E-state index in [0.717, 1.165) is 28.3 Å². The number of carboxylic acids is 1. The van der Waals surface area contributed by atoms with Crippen molar-refractivity contribution in [3.8, 4) is 5.75 Å². The van der Waals surface area contributed by atoms with Gasteiger partial charge in [-0.2, -0.15) is 0 Å². The molecule has 23 heavy (non-hydrogen) atoms. The standard InChI is InChI=1S/C16H15N3O3S/c1-19-14(17-18-16(19)23-10-15(20)21)9-22-13-8-4-6-11-5-2-3-7-12(11)13/h2-8H,9-10H2,1H3,(H,20,21). The third-order valence-electron chi connectivity index (χ3n) is 3.36. The van der Waals surface area contributed by atoms with Crippen LogP contribution in [0, 0.1) is 0 Å². The van der Waals surface area contributed by atoms with E-state index in [-0.39, 0.29) is 12.4 Å². The number of aliphatic carboxylic acids is 1. The van der Waals surface area contributed by atoms with Gasteiger partial charge in [-0.15, -0.1) is 10.2 Å². The summed E-state index contributed by atoms with van der Waals surface area (Å²) >= 11 is 1.13. The van der Waals surface area contributed by atoms with Crippen LogP contribution in [0.15, 0.2) is 47.6 Å². The van der Waals surface area contributed by atoms with Gasteiger partial charge >= 0.3 is 5.97 Å². The Labute approximate surface area is 137 Å². The minimum Gasteiger partial charge on any atom is -0.485 e. The average Bonchev–Trinajstić information content (AvgIpc) is 2.91. The van der Waals surface area contributed by atoms with E-state index in [2.05, 4.69) is 10.2 Å². The lowest BCUT2D eigenvalue weighted by Gasteiger charge is -2.09. The molecule has 0 amide bonds. The molecule has 0 spiro atoms. The van der Waals surface area contributed by atoms with Gasteiger partial charge in [0.05, 0.1) is 5.75 Å². The van der Waals surface area contributed by atoms with Gasteiger partial charge in [0, 0.05) is 12.4 Å². The fourth-order valence-electron chi connectivity index (χ4n) is 2.19. The monoisotopic (exact) mass is 329 g/mol. The smallest absolute Gasteiger partial charge is 0.313 e. The lowest BCUT2D eigenvalue weighted by atomic mass is 10.1. The van der Waals surface area contributed by atoms with Gasteiger partial charge in [-0.3, -0.25) is 4.79 Å². The summed E-state index contributed by atoms with van der Waals surface area (Å²) in [6.07, 6.45) is 0. The Morgan fingerprint density at radius 1 is 1.22 bits per heavy atom. The summed E-state index contributed by atoms with van der Waals surface area (Å²) in [7, 11) is 1.80. The highest BCUT2D eigenvalue weighted by Crippen LogP contribution is 2.26. The van der Waals surface area contributed by atoms with E-state index in [1.807, 2.05) is 42.5 Å². The zero-order valence-corrected chi connectivity index (χ0v) is 13.3. The first-order chi connectivity index (χ1) is 11.1. The number of carbonyl (C=O) groups is 1. The van der Waals surface area contributed by atoms with E-state index in [0.29, 0.717) is 11.0 Å². The molecule has 3 aromatic rings. The van der Waals surface area contributed by atoms with Crippen molar-refractivity contribution in [2.24, 2.45) is 7.05 Å². The number of hydrogen-bond acceptors (Lipinski definition) is 5. The molecule has 1 N–H and O–H groups in total. The molecule has 0 bridgehead atoms. The fraction of sp³-hybridized carbons (Fsp3) is 0.188. The summed E-state index contributed by atoms with van der Waals surface area (Å²) in [6, 6.07) is 13.9. The first kappa shape index (κ1) is 15.4. The molecule has 6 nitrogen and oxygen atoms in total. The second-order valence-electron chi connectivity index (χ2n) is 4.91. The Balaban J connectivity index is 1.74. The van der Waals surface area contributed by atoms with Crippen molar-refractivity contribution in [2.45, 2.75) is 11.8 Å². The molecule has 0 aliphatic heterocycles. The van der Waals surface area contributed by atoms with Gasteiger partial charge in [0.2, 0.25) is 0 Å². The van der Waals surface area contributed by atoms with Gasteiger partial charge in [0.25, 0.3) is 0 Å². The van der Waals surface area contributed by atoms with Gasteiger partial charge in [-0.25, -0.2) is 0 Å². The van der Waals surface area contributed by atoms with Crippen LogP contribution in [0.3, 0.4) is 0 Å². The molecule has 1 aromatic heterocycles. The predicted octanol–water partition coefficient (Wildman–Crippen LogP) is 2.72. The van der Waals surface area contributed by atoms with Gasteiger partial charge in [-0.1, -0.05) is 48.2 Å². The van der Waals surface area contributed by atoms with Crippen molar-refractivity contribution in [1.82, 2.24) is 14.8 Å². The lowest BCUT2D eigenvalue weighted by Crippen LogP contribution is -2.05. The molecule has 7 heteroatoms. The molecule has 0 aliphatic rings. The SMILES string of the molecule is Cn1c(COc2cccc3ccccc23)nnc1SCC(=O)O. The van der Waals surface area contributed by atoms with E-state index < -0.39 is 5.97 Å². The van der Waals surface area contributed by atoms with Crippen LogP contribution in [0.25, 0.3) is 10.8 Å². The second kappa shape index (κ2) is 6.70. The van der Waals surface area contributed by atoms with Crippen LogP contribution >= 0.6 is 11.8 Å². The number of rotatable bonds is 6. The maximum Gasteiger partial charge on any atom is 0.313 e. The molecule has 1 heterocycles. The molecular formula is C16H15N3O3S. The second-order valence-corrected chi connectivity index (χ2v) is 5.85. The molecule has 0 unspecified atom stereocenters. The van der Waals surface area contributed by atoms with Crippen LogP contribution in [0.5, 0.6) is 5.75 Å². The predicted molar refractivity (Wildman–Crippen MR) is 87.6 cm³/mol. The van der Waals surface area contributed by atoms with Gasteiger partial charge < -0.3 is 14.4 Å². The highest BCUT2D eigenvalue weighted by molar-refractivity contribution is 7.99. The topological polar surface area (TPSA) is 77.2 Å². The molecule has 0 radical (unpaired) electrons. The van der Waals surface area contributed by atoms with Crippen molar-refractivity contribution in [1.29, 1.82) is 0 Å². The summed E-state index contributed by atoms with van der Waals surface area (Å²) in [6.45, 7) is 0.269. The van der Waals surface area contributed by atoms with Gasteiger partial charge in [0.15, 0.2) is 11.0 Å². The molecule has 2 aromatic carbocycles. The van der Waals surface area contributed by atoms with Crippen LogP contribution in [-0.4, -0.2) is 31.6 Å². The van der Waals surface area contributed by atoms with E-state index in [1.165, 1.54) is 0 Å².